The second kappa shape index (κ2) is 13.2. The van der Waals surface area contributed by atoms with E-state index in [-0.39, 0.29) is 29.4 Å². The van der Waals surface area contributed by atoms with Gasteiger partial charge in [-0.05, 0) is 18.8 Å². The number of nitrogens with one attached hydrogen (secondary N) is 3. The molecule has 0 heterocycles. The smallest absolute Gasteiger partial charge is 0.208 e. The van der Waals surface area contributed by atoms with Crippen molar-refractivity contribution >= 4 is 40.0 Å². The Morgan fingerprint density at radius 3 is 2.26 bits per heavy atom. The van der Waals surface area contributed by atoms with Crippen LogP contribution in [0, 0.1) is 5.41 Å². The predicted molar refractivity (Wildman–Crippen MR) is 110 cm³/mol. The summed E-state index contributed by atoms with van der Waals surface area (Å²) in [4.78, 5) is 4.62. The summed E-state index contributed by atoms with van der Waals surface area (Å²) in [6.07, 6.45) is 6.06. The molecule has 3 N–H and O–H groups in total. The van der Waals surface area contributed by atoms with Gasteiger partial charge in [0.25, 0.3) is 0 Å². The lowest BCUT2D eigenvalue weighted by Gasteiger charge is -2.23. The number of aliphatic imine (C=N–C) groups is 1. The Labute approximate surface area is 159 Å². The summed E-state index contributed by atoms with van der Waals surface area (Å²) < 4.78 is 24.5. The van der Waals surface area contributed by atoms with Crippen LogP contribution in [0.5, 0.6) is 0 Å². The lowest BCUT2D eigenvalue weighted by Crippen LogP contribution is -2.41. The fourth-order valence-corrected chi connectivity index (χ4v) is 2.46. The molecular formula is C15H35IN4O2S. The molecule has 140 valence electrons. The van der Waals surface area contributed by atoms with E-state index in [1.807, 2.05) is 6.92 Å². The van der Waals surface area contributed by atoms with Crippen LogP contribution >= 0.6 is 24.0 Å². The Kier molecular flexibility index (Phi) is 14.5. The van der Waals surface area contributed by atoms with Gasteiger partial charge in [-0.2, -0.15) is 0 Å². The number of sulfonamides is 1. The molecule has 0 aromatic carbocycles. The van der Waals surface area contributed by atoms with Gasteiger partial charge in [-0.25, -0.2) is 13.1 Å². The molecule has 0 atom stereocenters. The minimum absolute atomic E-state index is 0. The second-order valence-electron chi connectivity index (χ2n) is 6.41. The summed E-state index contributed by atoms with van der Waals surface area (Å²) in [5.41, 5.74) is 0.183. The molecule has 0 aromatic heterocycles. The molecule has 8 heteroatoms. The van der Waals surface area contributed by atoms with E-state index in [2.05, 4.69) is 41.1 Å². The Bertz CT molecular complexity index is 425. The number of hydrogen-bond acceptors (Lipinski definition) is 3. The number of guanidine groups is 1. The van der Waals surface area contributed by atoms with Gasteiger partial charge in [0.1, 0.15) is 0 Å². The van der Waals surface area contributed by atoms with Gasteiger partial charge < -0.3 is 10.6 Å². The van der Waals surface area contributed by atoms with Crippen molar-refractivity contribution in [2.75, 3.05) is 32.4 Å². The lowest BCUT2D eigenvalue weighted by atomic mass is 9.87. The quantitative estimate of drug-likeness (QED) is 0.191. The van der Waals surface area contributed by atoms with Crippen LogP contribution in [-0.2, 0) is 10.0 Å². The molecule has 0 aliphatic rings. The Hall–Kier alpha value is -0.0900. The molecule has 23 heavy (non-hydrogen) atoms. The maximum Gasteiger partial charge on any atom is 0.208 e. The van der Waals surface area contributed by atoms with Crippen molar-refractivity contribution in [3.63, 3.8) is 0 Å². The van der Waals surface area contributed by atoms with Crippen LogP contribution < -0.4 is 15.4 Å². The monoisotopic (exact) mass is 462 g/mol. The highest BCUT2D eigenvalue weighted by atomic mass is 127. The maximum absolute atomic E-state index is 11.0. The van der Waals surface area contributed by atoms with E-state index in [4.69, 9.17) is 0 Å². The molecule has 0 amide bonds. The third-order valence-electron chi connectivity index (χ3n) is 3.25. The highest BCUT2D eigenvalue weighted by Gasteiger charge is 2.17. The normalized spacial score (nSPS) is 12.7. The molecule has 0 aliphatic heterocycles. The minimum Gasteiger partial charge on any atom is -0.357 e. The molecule has 0 spiro atoms. The van der Waals surface area contributed by atoms with Crippen LogP contribution in [-0.4, -0.2) is 46.8 Å². The molecule has 0 rings (SSSR count). The standard InChI is InChI=1S/C15H34N4O2S.HI/c1-6-8-9-10-15(3,4)13-18-14(16-7-2)17-11-12-19-22(5,20)21;/h19H,6-13H2,1-5H3,(H2,16,17,18);1H. The lowest BCUT2D eigenvalue weighted by molar-refractivity contribution is 0.332. The number of nitrogens with zero attached hydrogens (tertiary/aromatic N) is 1. The number of unbranched alkanes of at least 4 members (excludes halogenated alkanes) is 2. The maximum atomic E-state index is 11.0. The summed E-state index contributed by atoms with van der Waals surface area (Å²) in [7, 11) is -3.13. The van der Waals surface area contributed by atoms with Crippen molar-refractivity contribution in [2.24, 2.45) is 10.4 Å². The number of rotatable bonds is 11. The third kappa shape index (κ3) is 16.5. The zero-order chi connectivity index (χ0) is 17.1. The van der Waals surface area contributed by atoms with E-state index in [1.54, 1.807) is 0 Å². The molecule has 0 aliphatic carbocycles. The molecule has 0 fully saturated rings. The van der Waals surface area contributed by atoms with Crippen LogP contribution in [0.3, 0.4) is 0 Å². The fraction of sp³-hybridized carbons (Fsp3) is 0.933. The molecule has 6 nitrogen and oxygen atoms in total. The number of hydrogen-bond donors (Lipinski definition) is 3. The van der Waals surface area contributed by atoms with Gasteiger partial charge in [-0.1, -0.05) is 40.0 Å². The third-order valence-corrected chi connectivity index (χ3v) is 3.98. The molecule has 0 saturated carbocycles. The number of halogens is 1. The Morgan fingerprint density at radius 1 is 1.09 bits per heavy atom. The second-order valence-corrected chi connectivity index (χ2v) is 8.24. The van der Waals surface area contributed by atoms with Gasteiger partial charge in [0.05, 0.1) is 6.26 Å². The average molecular weight is 462 g/mol. The van der Waals surface area contributed by atoms with Crippen LogP contribution in [0.15, 0.2) is 4.99 Å². The van der Waals surface area contributed by atoms with Crippen LogP contribution in [0.4, 0.5) is 0 Å². The van der Waals surface area contributed by atoms with E-state index in [0.29, 0.717) is 13.1 Å². The van der Waals surface area contributed by atoms with Crippen molar-refractivity contribution in [3.8, 4) is 0 Å². The largest absolute Gasteiger partial charge is 0.357 e. The van der Waals surface area contributed by atoms with Gasteiger partial charge in [0, 0.05) is 26.2 Å². The van der Waals surface area contributed by atoms with E-state index >= 15 is 0 Å². The van der Waals surface area contributed by atoms with Gasteiger partial charge in [-0.3, -0.25) is 4.99 Å². The van der Waals surface area contributed by atoms with E-state index in [9.17, 15) is 8.42 Å². The van der Waals surface area contributed by atoms with E-state index < -0.39 is 10.0 Å². The van der Waals surface area contributed by atoms with Crippen molar-refractivity contribution in [3.05, 3.63) is 0 Å². The zero-order valence-electron chi connectivity index (χ0n) is 15.2. The first kappa shape index (κ1) is 25.2. The van der Waals surface area contributed by atoms with Crippen molar-refractivity contribution in [2.45, 2.75) is 53.4 Å². The Balaban J connectivity index is 0. The molecule has 0 radical (unpaired) electrons. The van der Waals surface area contributed by atoms with Crippen LogP contribution in [0.2, 0.25) is 0 Å². The van der Waals surface area contributed by atoms with Gasteiger partial charge in [0.15, 0.2) is 5.96 Å². The first-order valence-electron chi connectivity index (χ1n) is 8.17. The summed E-state index contributed by atoms with van der Waals surface area (Å²) in [5, 5.41) is 6.33. The topological polar surface area (TPSA) is 82.6 Å². The summed E-state index contributed by atoms with van der Waals surface area (Å²) >= 11 is 0. The summed E-state index contributed by atoms with van der Waals surface area (Å²) in [6.45, 7) is 11.1. The van der Waals surface area contributed by atoms with Crippen LogP contribution in [0.25, 0.3) is 0 Å². The van der Waals surface area contributed by atoms with E-state index in [1.165, 1.54) is 25.7 Å². The predicted octanol–water partition coefficient (Wildman–Crippen LogP) is 2.32. The van der Waals surface area contributed by atoms with Crippen molar-refractivity contribution < 1.29 is 8.42 Å². The molecule has 0 bridgehead atoms. The first-order valence-corrected chi connectivity index (χ1v) is 10.1. The Morgan fingerprint density at radius 2 is 1.74 bits per heavy atom. The van der Waals surface area contributed by atoms with Gasteiger partial charge >= 0.3 is 0 Å². The minimum atomic E-state index is -3.13. The van der Waals surface area contributed by atoms with Crippen molar-refractivity contribution in [1.82, 2.24) is 15.4 Å². The fourth-order valence-electron chi connectivity index (χ4n) is 1.98. The first-order chi connectivity index (χ1) is 10.2. The molecule has 0 saturated heterocycles. The summed E-state index contributed by atoms with van der Waals surface area (Å²) in [5.74, 6) is 0.737. The molecule has 0 aromatic rings. The molecule has 0 unspecified atom stereocenters. The highest BCUT2D eigenvalue weighted by molar-refractivity contribution is 14.0. The van der Waals surface area contributed by atoms with Gasteiger partial charge in [-0.15, -0.1) is 24.0 Å². The van der Waals surface area contributed by atoms with Gasteiger partial charge in [0.2, 0.25) is 10.0 Å². The molecular weight excluding hydrogens is 427 g/mol. The van der Waals surface area contributed by atoms with Crippen LogP contribution in [0.1, 0.15) is 53.4 Å². The van der Waals surface area contributed by atoms with E-state index in [0.717, 1.165) is 25.3 Å². The average Bonchev–Trinajstić information content (AvgIpc) is 2.40. The van der Waals surface area contributed by atoms with Crippen molar-refractivity contribution in [1.29, 1.82) is 0 Å². The highest BCUT2D eigenvalue weighted by Crippen LogP contribution is 2.23. The zero-order valence-corrected chi connectivity index (χ0v) is 18.4. The SMILES string of the molecule is CCCCCC(C)(C)CN=C(NCC)NCCNS(C)(=O)=O.I. The summed E-state index contributed by atoms with van der Waals surface area (Å²) in [6, 6.07) is 0.